The highest BCUT2D eigenvalue weighted by atomic mass is 79.9. The Labute approximate surface area is 138 Å². The molecule has 0 spiro atoms. The summed E-state index contributed by atoms with van der Waals surface area (Å²) in [5.41, 5.74) is 3.89. The van der Waals surface area contributed by atoms with E-state index in [0.29, 0.717) is 4.83 Å². The van der Waals surface area contributed by atoms with Crippen LogP contribution in [-0.2, 0) is 6.42 Å². The summed E-state index contributed by atoms with van der Waals surface area (Å²) in [5, 5.41) is 3.42. The molecule has 3 rings (SSSR count). The van der Waals surface area contributed by atoms with Gasteiger partial charge in [0, 0.05) is 9.85 Å². The predicted octanol–water partition coefficient (Wildman–Crippen LogP) is 6.48. The van der Waals surface area contributed by atoms with Crippen LogP contribution in [0.5, 0.6) is 0 Å². The van der Waals surface area contributed by atoms with Crippen LogP contribution in [0.1, 0.15) is 21.5 Å². The van der Waals surface area contributed by atoms with Gasteiger partial charge in [0.1, 0.15) is 0 Å². The van der Waals surface area contributed by atoms with Crippen molar-refractivity contribution >= 4 is 38.3 Å². The third kappa shape index (κ3) is 3.14. The van der Waals surface area contributed by atoms with Crippen LogP contribution in [0.15, 0.2) is 60.7 Å². The largest absolute Gasteiger partial charge is 0.0843 e. The molecule has 2 heteroatoms. The van der Waals surface area contributed by atoms with Crippen molar-refractivity contribution in [2.24, 2.45) is 0 Å². The van der Waals surface area contributed by atoms with Crippen LogP contribution >= 0.6 is 27.5 Å². The van der Waals surface area contributed by atoms with Crippen molar-refractivity contribution in [1.29, 1.82) is 0 Å². The molecule has 1 atom stereocenters. The molecule has 0 saturated carbocycles. The number of fused-ring (bicyclic) bond motifs is 1. The molecule has 106 valence electrons. The van der Waals surface area contributed by atoms with Gasteiger partial charge < -0.3 is 0 Å². The van der Waals surface area contributed by atoms with Gasteiger partial charge in [0.25, 0.3) is 0 Å². The SMILES string of the molecule is Cc1cc(Cl)ccc1C(Br)Cc1cccc2ccccc12. The van der Waals surface area contributed by atoms with Crippen LogP contribution in [0, 0.1) is 6.92 Å². The zero-order chi connectivity index (χ0) is 14.8. The van der Waals surface area contributed by atoms with Crippen molar-refractivity contribution < 1.29 is 0 Å². The van der Waals surface area contributed by atoms with E-state index in [1.807, 2.05) is 12.1 Å². The standard InChI is InChI=1S/C19H16BrCl/c1-13-11-16(21)9-10-17(13)19(20)12-15-7-4-6-14-5-2-3-8-18(14)15/h2-11,19H,12H2,1H3. The zero-order valence-corrected chi connectivity index (χ0v) is 14.2. The van der Waals surface area contributed by atoms with Crippen molar-refractivity contribution in [3.8, 4) is 0 Å². The van der Waals surface area contributed by atoms with Crippen molar-refractivity contribution in [2.45, 2.75) is 18.2 Å². The lowest BCUT2D eigenvalue weighted by atomic mass is 9.97. The first-order valence-corrected chi connectivity index (χ1v) is 8.31. The molecule has 0 aliphatic rings. The van der Waals surface area contributed by atoms with Crippen LogP contribution in [-0.4, -0.2) is 0 Å². The first-order valence-electron chi connectivity index (χ1n) is 7.02. The van der Waals surface area contributed by atoms with Crippen LogP contribution in [0.2, 0.25) is 5.02 Å². The number of hydrogen-bond acceptors (Lipinski definition) is 0. The fraction of sp³-hybridized carbons (Fsp3) is 0.158. The van der Waals surface area contributed by atoms with Gasteiger partial charge in [0.2, 0.25) is 0 Å². The smallest absolute Gasteiger partial charge is 0.0438 e. The second-order valence-electron chi connectivity index (χ2n) is 5.31. The van der Waals surface area contributed by atoms with E-state index >= 15 is 0 Å². The number of rotatable bonds is 3. The number of halogens is 2. The second-order valence-corrected chi connectivity index (χ2v) is 6.85. The van der Waals surface area contributed by atoms with Gasteiger partial charge in [-0.15, -0.1) is 0 Å². The Morgan fingerprint density at radius 3 is 2.57 bits per heavy atom. The van der Waals surface area contributed by atoms with Crippen LogP contribution in [0.25, 0.3) is 10.8 Å². The summed E-state index contributed by atoms with van der Waals surface area (Å²) in [6.07, 6.45) is 0.962. The Hall–Kier alpha value is -1.31. The lowest BCUT2D eigenvalue weighted by molar-refractivity contribution is 0.946. The van der Waals surface area contributed by atoms with Crippen molar-refractivity contribution in [3.05, 3.63) is 82.4 Å². The Bertz CT molecular complexity index is 774. The van der Waals surface area contributed by atoms with Gasteiger partial charge in [-0.3, -0.25) is 0 Å². The molecule has 0 nitrogen and oxygen atoms in total. The highest BCUT2D eigenvalue weighted by Gasteiger charge is 2.13. The molecular weight excluding hydrogens is 344 g/mol. The lowest BCUT2D eigenvalue weighted by Crippen LogP contribution is -1.98. The van der Waals surface area contributed by atoms with E-state index in [9.17, 15) is 0 Å². The summed E-state index contributed by atoms with van der Waals surface area (Å²) in [6.45, 7) is 2.11. The monoisotopic (exact) mass is 358 g/mol. The third-order valence-corrected chi connectivity index (χ3v) is 4.90. The Morgan fingerprint density at radius 1 is 1.00 bits per heavy atom. The second kappa shape index (κ2) is 6.21. The van der Waals surface area contributed by atoms with E-state index in [2.05, 4.69) is 71.4 Å². The van der Waals surface area contributed by atoms with E-state index in [-0.39, 0.29) is 0 Å². The zero-order valence-electron chi connectivity index (χ0n) is 11.8. The highest BCUT2D eigenvalue weighted by molar-refractivity contribution is 9.09. The fourth-order valence-corrected chi connectivity index (χ4v) is 3.85. The molecule has 0 saturated heterocycles. The van der Waals surface area contributed by atoms with Gasteiger partial charge in [0.05, 0.1) is 0 Å². The van der Waals surface area contributed by atoms with E-state index in [4.69, 9.17) is 11.6 Å². The quantitative estimate of drug-likeness (QED) is 0.469. The Morgan fingerprint density at radius 2 is 1.76 bits per heavy atom. The molecule has 0 aliphatic heterocycles. The van der Waals surface area contributed by atoms with Gasteiger partial charge in [-0.1, -0.05) is 76.1 Å². The Kier molecular flexibility index (Phi) is 4.32. The first kappa shape index (κ1) is 14.6. The van der Waals surface area contributed by atoms with E-state index in [1.165, 1.54) is 27.5 Å². The van der Waals surface area contributed by atoms with E-state index < -0.39 is 0 Å². The van der Waals surface area contributed by atoms with Gasteiger partial charge in [-0.25, -0.2) is 0 Å². The molecule has 0 N–H and O–H groups in total. The maximum Gasteiger partial charge on any atom is 0.0438 e. The van der Waals surface area contributed by atoms with Gasteiger partial charge in [-0.05, 0) is 52.9 Å². The van der Waals surface area contributed by atoms with Crippen LogP contribution in [0.3, 0.4) is 0 Å². The minimum absolute atomic E-state index is 0.292. The maximum atomic E-state index is 6.04. The number of benzene rings is 3. The Balaban J connectivity index is 1.94. The molecule has 0 bridgehead atoms. The van der Waals surface area contributed by atoms with Gasteiger partial charge >= 0.3 is 0 Å². The highest BCUT2D eigenvalue weighted by Crippen LogP contribution is 2.32. The number of alkyl halides is 1. The van der Waals surface area contributed by atoms with Crippen molar-refractivity contribution in [2.75, 3.05) is 0 Å². The average Bonchev–Trinajstić information content (AvgIpc) is 2.47. The molecule has 0 aromatic heterocycles. The molecule has 1 unspecified atom stereocenters. The maximum absolute atomic E-state index is 6.04. The minimum Gasteiger partial charge on any atom is -0.0843 e. The number of hydrogen-bond donors (Lipinski definition) is 0. The van der Waals surface area contributed by atoms with Crippen molar-refractivity contribution in [3.63, 3.8) is 0 Å². The fourth-order valence-electron chi connectivity index (χ4n) is 2.76. The molecule has 0 amide bonds. The molecule has 3 aromatic rings. The molecule has 0 aliphatic carbocycles. The van der Waals surface area contributed by atoms with Crippen LogP contribution < -0.4 is 0 Å². The lowest BCUT2D eigenvalue weighted by Gasteiger charge is -2.15. The molecule has 0 radical (unpaired) electrons. The molecule has 0 fully saturated rings. The topological polar surface area (TPSA) is 0 Å². The molecule has 21 heavy (non-hydrogen) atoms. The summed E-state index contributed by atoms with van der Waals surface area (Å²) >= 11 is 9.89. The summed E-state index contributed by atoms with van der Waals surface area (Å²) in [6, 6.07) is 21.1. The van der Waals surface area contributed by atoms with Crippen LogP contribution in [0.4, 0.5) is 0 Å². The van der Waals surface area contributed by atoms with Gasteiger partial charge in [-0.2, -0.15) is 0 Å². The minimum atomic E-state index is 0.292. The van der Waals surface area contributed by atoms with Crippen molar-refractivity contribution in [1.82, 2.24) is 0 Å². The first-order chi connectivity index (χ1) is 10.1. The molecule has 0 heterocycles. The van der Waals surface area contributed by atoms with E-state index in [1.54, 1.807) is 0 Å². The summed E-state index contributed by atoms with van der Waals surface area (Å²) in [7, 11) is 0. The van der Waals surface area contributed by atoms with Gasteiger partial charge in [0.15, 0.2) is 0 Å². The van der Waals surface area contributed by atoms with E-state index in [0.717, 1.165) is 11.4 Å². The molecular formula is C19H16BrCl. The number of aryl methyl sites for hydroxylation is 1. The third-order valence-electron chi connectivity index (χ3n) is 3.85. The molecule has 3 aromatic carbocycles. The predicted molar refractivity (Wildman–Crippen MR) is 95.5 cm³/mol. The average molecular weight is 360 g/mol. The summed E-state index contributed by atoms with van der Waals surface area (Å²) in [4.78, 5) is 0.292. The normalized spacial score (nSPS) is 12.5. The summed E-state index contributed by atoms with van der Waals surface area (Å²) < 4.78 is 0. The summed E-state index contributed by atoms with van der Waals surface area (Å²) in [5.74, 6) is 0.